The summed E-state index contributed by atoms with van der Waals surface area (Å²) < 4.78 is 0. The Kier molecular flexibility index (Phi) is 4.33. The third-order valence-corrected chi connectivity index (χ3v) is 2.39. The summed E-state index contributed by atoms with van der Waals surface area (Å²) in [6.45, 7) is 3.27. The summed E-state index contributed by atoms with van der Waals surface area (Å²) in [5, 5.41) is 12.0. The van der Waals surface area contributed by atoms with Gasteiger partial charge in [0.15, 0.2) is 0 Å². The normalized spacial score (nSPS) is 24.7. The van der Waals surface area contributed by atoms with Crippen LogP contribution in [0.2, 0.25) is 0 Å². The summed E-state index contributed by atoms with van der Waals surface area (Å²) in [4.78, 5) is 0. The van der Waals surface area contributed by atoms with Gasteiger partial charge in [-0.05, 0) is 38.6 Å². The number of nitrogens with one attached hydrogen (secondary N) is 1. The maximum absolute atomic E-state index is 8.75. The Balaban J connectivity index is 1.98. The molecule has 2 heteroatoms. The van der Waals surface area contributed by atoms with Crippen molar-refractivity contribution in [2.45, 2.75) is 32.2 Å². The van der Waals surface area contributed by atoms with E-state index in [9.17, 15) is 0 Å². The van der Waals surface area contributed by atoms with Gasteiger partial charge in [0, 0.05) is 6.04 Å². The zero-order chi connectivity index (χ0) is 8.81. The molecule has 0 amide bonds. The van der Waals surface area contributed by atoms with Crippen LogP contribution in [0.25, 0.3) is 0 Å². The van der Waals surface area contributed by atoms with E-state index in [1.165, 1.54) is 19.3 Å². The van der Waals surface area contributed by atoms with Gasteiger partial charge >= 0.3 is 0 Å². The predicted octanol–water partition coefficient (Wildman–Crippen LogP) is 1.31. The summed E-state index contributed by atoms with van der Waals surface area (Å²) in [6.07, 6.45) is 8.35. The van der Waals surface area contributed by atoms with Gasteiger partial charge in [-0.25, -0.2) is 0 Å². The minimum atomic E-state index is 0.237. The van der Waals surface area contributed by atoms with E-state index in [0.29, 0.717) is 0 Å². The number of allylic oxidation sites excluding steroid dienone is 2. The zero-order valence-electron chi connectivity index (χ0n) is 7.79. The molecule has 0 aromatic heterocycles. The fourth-order valence-corrected chi connectivity index (χ4v) is 1.52. The highest BCUT2D eigenvalue weighted by Crippen LogP contribution is 2.19. The molecular formula is C10H19NO. The molecule has 2 nitrogen and oxygen atoms in total. The molecule has 0 radical (unpaired) electrons. The van der Waals surface area contributed by atoms with Crippen molar-refractivity contribution in [2.75, 3.05) is 13.2 Å². The molecule has 1 rings (SSSR count). The van der Waals surface area contributed by atoms with E-state index in [0.717, 1.165) is 12.5 Å². The molecule has 0 aromatic carbocycles. The van der Waals surface area contributed by atoms with Crippen LogP contribution in [0.3, 0.4) is 0 Å². The molecule has 2 unspecified atom stereocenters. The lowest BCUT2D eigenvalue weighted by molar-refractivity contribution is 0.250. The highest BCUT2D eigenvalue weighted by molar-refractivity contribution is 4.96. The van der Waals surface area contributed by atoms with Gasteiger partial charge in [0.2, 0.25) is 0 Å². The van der Waals surface area contributed by atoms with Crippen LogP contribution < -0.4 is 5.32 Å². The summed E-state index contributed by atoms with van der Waals surface area (Å²) >= 11 is 0. The average molecular weight is 169 g/mol. The molecule has 0 fully saturated rings. The number of hydrogen-bond acceptors (Lipinski definition) is 2. The largest absolute Gasteiger partial charge is 0.395 e. The smallest absolute Gasteiger partial charge is 0.0581 e. The Morgan fingerprint density at radius 1 is 1.67 bits per heavy atom. The van der Waals surface area contributed by atoms with E-state index in [4.69, 9.17) is 5.11 Å². The second kappa shape index (κ2) is 5.33. The number of rotatable bonds is 5. The second-order valence-electron chi connectivity index (χ2n) is 3.59. The molecule has 12 heavy (non-hydrogen) atoms. The lowest BCUT2D eigenvalue weighted by Crippen LogP contribution is -2.30. The lowest BCUT2D eigenvalue weighted by atomic mass is 10.1. The van der Waals surface area contributed by atoms with Crippen molar-refractivity contribution in [3.8, 4) is 0 Å². The standard InChI is InChI=1S/C10H19NO/c1-9(8-12)11-7-6-10-4-2-3-5-10/h2,4,9-12H,3,5-8H2,1H3. The summed E-state index contributed by atoms with van der Waals surface area (Å²) in [7, 11) is 0. The second-order valence-corrected chi connectivity index (χ2v) is 3.59. The van der Waals surface area contributed by atoms with Crippen LogP contribution in [0.1, 0.15) is 26.2 Å². The van der Waals surface area contributed by atoms with Crippen LogP contribution in [0.15, 0.2) is 12.2 Å². The van der Waals surface area contributed by atoms with Gasteiger partial charge < -0.3 is 10.4 Å². The molecule has 0 bridgehead atoms. The monoisotopic (exact) mass is 169 g/mol. The van der Waals surface area contributed by atoms with Crippen LogP contribution >= 0.6 is 0 Å². The number of aliphatic hydroxyl groups is 1. The van der Waals surface area contributed by atoms with E-state index >= 15 is 0 Å². The van der Waals surface area contributed by atoms with Crippen LogP contribution in [0.5, 0.6) is 0 Å². The summed E-state index contributed by atoms with van der Waals surface area (Å²) in [6, 6.07) is 0.246. The van der Waals surface area contributed by atoms with Gasteiger partial charge in [-0.2, -0.15) is 0 Å². The molecule has 0 aliphatic heterocycles. The fourth-order valence-electron chi connectivity index (χ4n) is 1.52. The zero-order valence-corrected chi connectivity index (χ0v) is 7.79. The van der Waals surface area contributed by atoms with E-state index in [2.05, 4.69) is 17.5 Å². The molecule has 2 N–H and O–H groups in total. The van der Waals surface area contributed by atoms with Gasteiger partial charge in [0.25, 0.3) is 0 Å². The number of hydrogen-bond donors (Lipinski definition) is 2. The highest BCUT2D eigenvalue weighted by atomic mass is 16.3. The first kappa shape index (κ1) is 9.75. The van der Waals surface area contributed by atoms with Crippen LogP contribution in [-0.4, -0.2) is 24.3 Å². The molecule has 70 valence electrons. The van der Waals surface area contributed by atoms with Crippen molar-refractivity contribution in [2.24, 2.45) is 5.92 Å². The molecule has 0 heterocycles. The third kappa shape index (κ3) is 3.37. The first-order valence-electron chi connectivity index (χ1n) is 4.84. The number of aliphatic hydroxyl groups excluding tert-OH is 1. The van der Waals surface area contributed by atoms with Crippen molar-refractivity contribution < 1.29 is 5.11 Å². The molecule has 0 spiro atoms. The topological polar surface area (TPSA) is 32.3 Å². The highest BCUT2D eigenvalue weighted by Gasteiger charge is 2.08. The van der Waals surface area contributed by atoms with E-state index in [-0.39, 0.29) is 12.6 Å². The molecule has 1 aliphatic rings. The van der Waals surface area contributed by atoms with Gasteiger partial charge in [0.1, 0.15) is 0 Å². The van der Waals surface area contributed by atoms with Crippen LogP contribution in [-0.2, 0) is 0 Å². The van der Waals surface area contributed by atoms with E-state index in [1.54, 1.807) is 0 Å². The average Bonchev–Trinajstić information content (AvgIpc) is 2.57. The van der Waals surface area contributed by atoms with Gasteiger partial charge in [-0.15, -0.1) is 0 Å². The predicted molar refractivity (Wildman–Crippen MR) is 51.0 cm³/mol. The maximum atomic E-state index is 8.75. The fraction of sp³-hybridized carbons (Fsp3) is 0.800. The van der Waals surface area contributed by atoms with Crippen molar-refractivity contribution in [1.29, 1.82) is 0 Å². The molecule has 0 saturated heterocycles. The SMILES string of the molecule is CC(CO)NCCC1C=CCC1. The Labute approximate surface area is 74.7 Å². The summed E-state index contributed by atoms with van der Waals surface area (Å²) in [5.74, 6) is 0.781. The molecular weight excluding hydrogens is 150 g/mol. The van der Waals surface area contributed by atoms with E-state index < -0.39 is 0 Å². The minimum absolute atomic E-state index is 0.237. The van der Waals surface area contributed by atoms with Crippen molar-refractivity contribution in [1.82, 2.24) is 5.32 Å². The third-order valence-electron chi connectivity index (χ3n) is 2.39. The first-order valence-corrected chi connectivity index (χ1v) is 4.84. The van der Waals surface area contributed by atoms with Crippen molar-refractivity contribution >= 4 is 0 Å². The molecule has 2 atom stereocenters. The Bertz CT molecular complexity index is 145. The molecule has 1 aliphatic carbocycles. The van der Waals surface area contributed by atoms with Gasteiger partial charge in [-0.3, -0.25) is 0 Å². The first-order chi connectivity index (χ1) is 5.83. The Hall–Kier alpha value is -0.340. The van der Waals surface area contributed by atoms with Gasteiger partial charge in [0.05, 0.1) is 6.61 Å². The van der Waals surface area contributed by atoms with Gasteiger partial charge in [-0.1, -0.05) is 12.2 Å². The maximum Gasteiger partial charge on any atom is 0.0581 e. The minimum Gasteiger partial charge on any atom is -0.395 e. The Morgan fingerprint density at radius 3 is 3.08 bits per heavy atom. The Morgan fingerprint density at radius 2 is 2.50 bits per heavy atom. The summed E-state index contributed by atoms with van der Waals surface area (Å²) in [5.41, 5.74) is 0. The van der Waals surface area contributed by atoms with Crippen molar-refractivity contribution in [3.63, 3.8) is 0 Å². The lowest BCUT2D eigenvalue weighted by Gasteiger charge is -2.12. The van der Waals surface area contributed by atoms with Crippen LogP contribution in [0.4, 0.5) is 0 Å². The molecule has 0 saturated carbocycles. The molecule has 0 aromatic rings. The van der Waals surface area contributed by atoms with Crippen LogP contribution in [0, 0.1) is 5.92 Å². The quantitative estimate of drug-likeness (QED) is 0.608. The van der Waals surface area contributed by atoms with E-state index in [1.807, 2.05) is 6.92 Å². The van der Waals surface area contributed by atoms with Crippen molar-refractivity contribution in [3.05, 3.63) is 12.2 Å².